The molecule has 3 aliphatic rings. The summed E-state index contributed by atoms with van der Waals surface area (Å²) in [5.74, 6) is 0.885. The largest absolute Gasteiger partial charge is 0.333 e. The second-order valence-corrected chi connectivity index (χ2v) is 13.8. The van der Waals surface area contributed by atoms with E-state index in [9.17, 15) is 0 Å². The molecular formula is C47H41N3. The number of allylic oxidation sites excluding steroid dienone is 3. The molecule has 1 heterocycles. The van der Waals surface area contributed by atoms with Gasteiger partial charge in [0, 0.05) is 28.3 Å². The Morgan fingerprint density at radius 1 is 0.860 bits per heavy atom. The molecule has 0 N–H and O–H groups in total. The molecule has 0 fully saturated rings. The van der Waals surface area contributed by atoms with Crippen molar-refractivity contribution in [1.29, 1.82) is 0 Å². The van der Waals surface area contributed by atoms with Gasteiger partial charge >= 0.3 is 0 Å². The molecule has 0 saturated carbocycles. The molecule has 1 aliphatic heterocycles. The summed E-state index contributed by atoms with van der Waals surface area (Å²) in [6.45, 7) is 15.4. The third kappa shape index (κ3) is 5.13. The van der Waals surface area contributed by atoms with Crippen LogP contribution in [-0.4, -0.2) is 18.6 Å². The van der Waals surface area contributed by atoms with E-state index in [0.717, 1.165) is 16.7 Å². The highest BCUT2D eigenvalue weighted by atomic mass is 15.2. The van der Waals surface area contributed by atoms with Crippen molar-refractivity contribution in [1.82, 2.24) is 0 Å². The molecule has 3 nitrogen and oxygen atoms in total. The number of hydrogen-bond donors (Lipinski definition) is 0. The van der Waals surface area contributed by atoms with E-state index >= 15 is 0 Å². The minimum Gasteiger partial charge on any atom is -0.333 e. The molecule has 0 saturated heterocycles. The summed E-state index contributed by atoms with van der Waals surface area (Å²) in [6.07, 6.45) is 13.5. The van der Waals surface area contributed by atoms with Gasteiger partial charge in [0.15, 0.2) is 5.84 Å². The van der Waals surface area contributed by atoms with E-state index < -0.39 is 0 Å². The Morgan fingerprint density at radius 3 is 2.30 bits per heavy atom. The quantitative estimate of drug-likeness (QED) is 0.128. The van der Waals surface area contributed by atoms with E-state index in [1.807, 2.05) is 24.3 Å². The molecule has 3 heteroatoms. The highest BCUT2D eigenvalue weighted by Crippen LogP contribution is 2.54. The van der Waals surface area contributed by atoms with E-state index in [0.29, 0.717) is 12.4 Å². The molecule has 2 unspecified atom stereocenters. The van der Waals surface area contributed by atoms with Crippen LogP contribution in [0.4, 0.5) is 11.4 Å². The number of anilines is 2. The van der Waals surface area contributed by atoms with Crippen LogP contribution in [0.15, 0.2) is 150 Å². The van der Waals surface area contributed by atoms with Gasteiger partial charge in [-0.2, -0.15) is 0 Å². The zero-order valence-corrected chi connectivity index (χ0v) is 29.0. The molecule has 5 aromatic carbocycles. The number of rotatable bonds is 7. The third-order valence-electron chi connectivity index (χ3n) is 10.7. The van der Waals surface area contributed by atoms with Crippen LogP contribution in [0, 0.1) is 0 Å². The Kier molecular flexibility index (Phi) is 7.92. The lowest BCUT2D eigenvalue weighted by Crippen LogP contribution is -2.29. The normalized spacial score (nSPS) is 18.3. The van der Waals surface area contributed by atoms with Gasteiger partial charge in [-0.15, -0.1) is 0 Å². The Labute approximate surface area is 296 Å². The first kappa shape index (κ1) is 31.5. The number of nitrogens with zero attached hydrogens (tertiary/aromatic N) is 3. The van der Waals surface area contributed by atoms with Crippen molar-refractivity contribution >= 4 is 41.7 Å². The van der Waals surface area contributed by atoms with Crippen molar-refractivity contribution in [3.05, 3.63) is 185 Å². The van der Waals surface area contributed by atoms with Crippen molar-refractivity contribution in [2.75, 3.05) is 4.90 Å². The number of benzene rings is 5. The van der Waals surface area contributed by atoms with E-state index in [4.69, 9.17) is 4.99 Å². The fourth-order valence-corrected chi connectivity index (χ4v) is 8.19. The molecule has 244 valence electrons. The first-order chi connectivity index (χ1) is 24.4. The molecule has 50 heavy (non-hydrogen) atoms. The molecule has 0 bridgehead atoms. The van der Waals surface area contributed by atoms with Gasteiger partial charge in [-0.25, -0.2) is 4.99 Å². The van der Waals surface area contributed by atoms with Gasteiger partial charge in [0.05, 0.1) is 12.6 Å². The zero-order chi connectivity index (χ0) is 34.4. The second kappa shape index (κ2) is 12.6. The van der Waals surface area contributed by atoms with E-state index in [2.05, 4.69) is 165 Å². The first-order valence-corrected chi connectivity index (χ1v) is 17.4. The SMILES string of the molecule is C=Cc1ccc2c(c1/C=C\C)C1C=CC(c3ccccc3)=CC1N2c1ccc2c(c1)C(C)(C)c1cc(C(N=C)=NCc3ccccc3)ccc1-2. The molecule has 5 aromatic rings. The van der Waals surface area contributed by atoms with Crippen LogP contribution in [0.2, 0.25) is 0 Å². The minimum absolute atomic E-state index is 0.132. The Balaban J connectivity index is 1.22. The smallest absolute Gasteiger partial charge is 0.154 e. The summed E-state index contributed by atoms with van der Waals surface area (Å²) in [6, 6.07) is 39.4. The molecule has 0 spiro atoms. The summed E-state index contributed by atoms with van der Waals surface area (Å²) in [7, 11) is 0. The first-order valence-electron chi connectivity index (χ1n) is 17.4. The number of hydrogen-bond acceptors (Lipinski definition) is 2. The molecule has 0 radical (unpaired) electrons. The maximum Gasteiger partial charge on any atom is 0.154 e. The molecule has 0 amide bonds. The molecule has 8 rings (SSSR count). The fraction of sp³-hybridized carbons (Fsp3) is 0.149. The summed E-state index contributed by atoms with van der Waals surface area (Å²) in [5, 5.41) is 0. The van der Waals surface area contributed by atoms with Gasteiger partial charge in [-0.1, -0.05) is 142 Å². The standard InChI is InChI=1S/C47H41N3/c1-6-14-37-32(7-2)21-26-43-45(37)40-24-19-34(33-17-12-9-13-18-33)28-44(40)50(43)36-22-25-39-38-23-20-35(27-41(38)47(3,4)42(39)29-36)46(48-5)49-30-31-15-10-8-11-16-31/h6-29,40,44H,2,5,30H2,1,3-4H3/b14-6-,49-46?. The van der Waals surface area contributed by atoms with Crippen LogP contribution >= 0.6 is 0 Å². The third-order valence-corrected chi connectivity index (χ3v) is 10.7. The zero-order valence-electron chi connectivity index (χ0n) is 29.0. The van der Waals surface area contributed by atoms with Crippen molar-refractivity contribution in [3.8, 4) is 11.1 Å². The maximum atomic E-state index is 4.85. The average Bonchev–Trinajstić information content (AvgIpc) is 3.60. The van der Waals surface area contributed by atoms with Gasteiger partial charge in [-0.05, 0) is 93.6 Å². The predicted octanol–water partition coefficient (Wildman–Crippen LogP) is 11.6. The fourth-order valence-electron chi connectivity index (χ4n) is 8.19. The van der Waals surface area contributed by atoms with Crippen molar-refractivity contribution in [2.45, 2.75) is 44.7 Å². The Hall–Kier alpha value is -5.80. The van der Waals surface area contributed by atoms with Gasteiger partial charge in [-0.3, -0.25) is 4.99 Å². The average molecular weight is 648 g/mol. The van der Waals surface area contributed by atoms with E-state index in [-0.39, 0.29) is 17.4 Å². The van der Waals surface area contributed by atoms with E-state index in [1.54, 1.807) is 0 Å². The molecular weight excluding hydrogens is 607 g/mol. The second-order valence-electron chi connectivity index (χ2n) is 13.8. The lowest BCUT2D eigenvalue weighted by molar-refractivity contribution is 0.659. The maximum absolute atomic E-state index is 4.85. The monoisotopic (exact) mass is 647 g/mol. The van der Waals surface area contributed by atoms with E-state index in [1.165, 1.54) is 55.9 Å². The highest BCUT2D eigenvalue weighted by molar-refractivity contribution is 6.02. The van der Waals surface area contributed by atoms with Gasteiger partial charge in [0.1, 0.15) is 0 Å². The lowest BCUT2D eigenvalue weighted by atomic mass is 9.81. The molecule has 2 atom stereocenters. The minimum atomic E-state index is -0.218. The van der Waals surface area contributed by atoms with Crippen LogP contribution in [0.1, 0.15) is 71.2 Å². The van der Waals surface area contributed by atoms with Crippen LogP contribution in [-0.2, 0) is 12.0 Å². The molecule has 0 aromatic heterocycles. The molecule has 2 aliphatic carbocycles. The Morgan fingerprint density at radius 2 is 1.58 bits per heavy atom. The predicted molar refractivity (Wildman–Crippen MR) is 214 cm³/mol. The Bertz CT molecular complexity index is 2270. The van der Waals surface area contributed by atoms with Crippen molar-refractivity contribution in [3.63, 3.8) is 0 Å². The summed E-state index contributed by atoms with van der Waals surface area (Å²) in [4.78, 5) is 11.8. The number of amidine groups is 1. The number of aliphatic imine (C=N–C) groups is 2. The lowest BCUT2D eigenvalue weighted by Gasteiger charge is -2.31. The van der Waals surface area contributed by atoms with Crippen LogP contribution in [0.5, 0.6) is 0 Å². The highest BCUT2D eigenvalue weighted by Gasteiger charge is 2.42. The summed E-state index contributed by atoms with van der Waals surface area (Å²) >= 11 is 0. The summed E-state index contributed by atoms with van der Waals surface area (Å²) in [5.41, 5.74) is 15.8. The van der Waals surface area contributed by atoms with Crippen molar-refractivity contribution in [2.24, 2.45) is 9.98 Å². The van der Waals surface area contributed by atoms with Gasteiger partial charge in [0.25, 0.3) is 0 Å². The van der Waals surface area contributed by atoms with Crippen molar-refractivity contribution < 1.29 is 0 Å². The topological polar surface area (TPSA) is 28.0 Å². The summed E-state index contributed by atoms with van der Waals surface area (Å²) < 4.78 is 0. The van der Waals surface area contributed by atoms with Crippen LogP contribution in [0.3, 0.4) is 0 Å². The van der Waals surface area contributed by atoms with Gasteiger partial charge < -0.3 is 4.90 Å². The number of fused-ring (bicyclic) bond motifs is 6. The van der Waals surface area contributed by atoms with Crippen LogP contribution in [0.25, 0.3) is 28.9 Å². The van der Waals surface area contributed by atoms with Crippen LogP contribution < -0.4 is 4.90 Å². The van der Waals surface area contributed by atoms with Gasteiger partial charge in [0.2, 0.25) is 0 Å².